The zero-order valence-electron chi connectivity index (χ0n) is 14.2. The van der Waals surface area contributed by atoms with E-state index in [0.29, 0.717) is 10.8 Å². The molecule has 0 radical (unpaired) electrons. The third-order valence-corrected chi connectivity index (χ3v) is 4.16. The number of H-pyrrole nitrogens is 1. The largest absolute Gasteiger partial charge is 0.457 e. The molecule has 3 aromatic rings. The Morgan fingerprint density at radius 3 is 2.36 bits per heavy atom. The first-order valence-corrected chi connectivity index (χ1v) is 8.29. The topological polar surface area (TPSA) is 71.0 Å². The third-order valence-electron chi connectivity index (χ3n) is 3.91. The molecule has 1 atom stereocenters. The van der Waals surface area contributed by atoms with Gasteiger partial charge in [0.1, 0.15) is 17.8 Å². The summed E-state index contributed by atoms with van der Waals surface area (Å²) in [7, 11) is 0. The van der Waals surface area contributed by atoms with Crippen LogP contribution in [0.5, 0.6) is 11.5 Å². The van der Waals surface area contributed by atoms with Crippen molar-refractivity contribution < 1.29 is 23.0 Å². The van der Waals surface area contributed by atoms with Crippen LogP contribution in [0, 0.1) is 12.3 Å². The molecule has 9 heteroatoms. The number of nitrogens with one attached hydrogen (secondary N) is 1. The first-order chi connectivity index (χ1) is 13.2. The van der Waals surface area contributed by atoms with Crippen molar-refractivity contribution in [2.24, 2.45) is 0 Å². The van der Waals surface area contributed by atoms with Crippen LogP contribution in [-0.2, 0) is 18.2 Å². The van der Waals surface area contributed by atoms with Crippen LogP contribution in [0.4, 0.5) is 13.2 Å². The van der Waals surface area contributed by atoms with Crippen LogP contribution in [0.15, 0.2) is 48.8 Å². The molecule has 3 rings (SSSR count). The number of hydrogen-bond acceptors (Lipinski definition) is 4. The lowest BCUT2D eigenvalue weighted by molar-refractivity contribution is -0.140. The van der Waals surface area contributed by atoms with E-state index in [1.165, 1.54) is 24.5 Å². The number of halogens is 4. The molecule has 0 fully saturated rings. The van der Waals surface area contributed by atoms with Crippen LogP contribution in [-0.4, -0.2) is 20.3 Å². The summed E-state index contributed by atoms with van der Waals surface area (Å²) in [5, 5.41) is 17.4. The van der Waals surface area contributed by atoms with E-state index in [0.717, 1.165) is 12.1 Å². The zero-order chi connectivity index (χ0) is 20.4. The monoisotopic (exact) mass is 407 g/mol. The van der Waals surface area contributed by atoms with Crippen LogP contribution < -0.4 is 4.74 Å². The Morgan fingerprint density at radius 2 is 1.79 bits per heavy atom. The second-order valence-electron chi connectivity index (χ2n) is 5.86. The average Bonchev–Trinajstić information content (AvgIpc) is 3.15. The van der Waals surface area contributed by atoms with E-state index >= 15 is 0 Å². The highest BCUT2D eigenvalue weighted by Crippen LogP contribution is 2.40. The molecule has 0 bridgehead atoms. The summed E-state index contributed by atoms with van der Waals surface area (Å²) in [6, 6.07) is 9.28. The van der Waals surface area contributed by atoms with Crippen molar-refractivity contribution in [1.82, 2.24) is 15.2 Å². The Hall–Kier alpha value is -3.02. The maximum atomic E-state index is 13.7. The number of nitrogens with zero attached hydrogens (tertiary/aromatic N) is 2. The number of aromatic amines is 1. The molecule has 0 aliphatic rings. The average molecular weight is 408 g/mol. The van der Waals surface area contributed by atoms with Crippen molar-refractivity contribution >= 4 is 11.6 Å². The molecule has 144 valence electrons. The highest BCUT2D eigenvalue weighted by Gasteiger charge is 2.41. The van der Waals surface area contributed by atoms with Gasteiger partial charge in [0.15, 0.2) is 11.4 Å². The SMILES string of the molecule is C#C[C@](O)(Cc1nc[nH]n1)c1ccc(Oc2ccc(Cl)cc2)cc1C(F)(F)F. The number of aliphatic hydroxyl groups is 1. The van der Waals surface area contributed by atoms with Crippen LogP contribution in [0.2, 0.25) is 5.02 Å². The summed E-state index contributed by atoms with van der Waals surface area (Å²) < 4.78 is 46.5. The summed E-state index contributed by atoms with van der Waals surface area (Å²) in [4.78, 5) is 3.81. The molecule has 0 aliphatic carbocycles. The fourth-order valence-corrected chi connectivity index (χ4v) is 2.72. The minimum atomic E-state index is -4.78. The number of alkyl halides is 3. The van der Waals surface area contributed by atoms with Gasteiger partial charge in [-0.1, -0.05) is 23.6 Å². The van der Waals surface area contributed by atoms with Gasteiger partial charge in [-0.05, 0) is 36.4 Å². The van der Waals surface area contributed by atoms with E-state index < -0.39 is 29.3 Å². The van der Waals surface area contributed by atoms with E-state index in [9.17, 15) is 18.3 Å². The number of hydrogen-bond donors (Lipinski definition) is 2. The molecule has 1 aromatic heterocycles. The Kier molecular flexibility index (Phi) is 5.31. The summed E-state index contributed by atoms with van der Waals surface area (Å²) in [5.41, 5.74) is -3.86. The molecule has 1 heterocycles. The summed E-state index contributed by atoms with van der Waals surface area (Å²) in [5.74, 6) is 2.34. The van der Waals surface area contributed by atoms with Gasteiger partial charge in [0.05, 0.1) is 12.0 Å². The third kappa shape index (κ3) is 4.27. The van der Waals surface area contributed by atoms with Gasteiger partial charge in [0.25, 0.3) is 0 Å². The molecule has 28 heavy (non-hydrogen) atoms. The number of terminal acetylenes is 1. The second kappa shape index (κ2) is 7.54. The molecule has 0 amide bonds. The molecule has 2 aromatic carbocycles. The lowest BCUT2D eigenvalue weighted by atomic mass is 9.87. The summed E-state index contributed by atoms with van der Waals surface area (Å²) in [6.45, 7) is 0. The van der Waals surface area contributed by atoms with Crippen molar-refractivity contribution in [2.75, 3.05) is 0 Å². The first-order valence-electron chi connectivity index (χ1n) is 7.91. The van der Waals surface area contributed by atoms with Gasteiger partial charge in [-0.15, -0.1) is 6.42 Å². The van der Waals surface area contributed by atoms with Gasteiger partial charge >= 0.3 is 6.18 Å². The predicted octanol–water partition coefficient (Wildman–Crippen LogP) is 4.33. The van der Waals surface area contributed by atoms with Gasteiger partial charge in [0.2, 0.25) is 0 Å². The Morgan fingerprint density at radius 1 is 1.11 bits per heavy atom. The molecule has 0 spiro atoms. The predicted molar refractivity (Wildman–Crippen MR) is 95.8 cm³/mol. The summed E-state index contributed by atoms with van der Waals surface area (Å²) >= 11 is 5.78. The molecular formula is C19H13ClF3N3O2. The molecule has 0 aliphatic heterocycles. The van der Waals surface area contributed by atoms with Crippen LogP contribution in [0.1, 0.15) is 17.0 Å². The lowest BCUT2D eigenvalue weighted by Crippen LogP contribution is -2.30. The highest BCUT2D eigenvalue weighted by molar-refractivity contribution is 6.30. The first kappa shape index (κ1) is 19.7. The molecule has 0 saturated heterocycles. The fourth-order valence-electron chi connectivity index (χ4n) is 2.59. The minimum absolute atomic E-state index is 0.0735. The molecule has 2 N–H and O–H groups in total. The minimum Gasteiger partial charge on any atom is -0.457 e. The van der Waals surface area contributed by atoms with E-state index in [1.807, 2.05) is 5.92 Å². The number of aromatic nitrogens is 3. The van der Waals surface area contributed by atoms with Crippen molar-refractivity contribution in [1.29, 1.82) is 0 Å². The fraction of sp³-hybridized carbons (Fsp3) is 0.158. The lowest BCUT2D eigenvalue weighted by Gasteiger charge is -2.25. The van der Waals surface area contributed by atoms with Crippen molar-refractivity contribution in [3.63, 3.8) is 0 Å². The van der Waals surface area contributed by atoms with Gasteiger partial charge in [-0.25, -0.2) is 4.98 Å². The van der Waals surface area contributed by atoms with Gasteiger partial charge in [-0.2, -0.15) is 18.3 Å². The number of benzene rings is 2. The quantitative estimate of drug-likeness (QED) is 0.617. The highest BCUT2D eigenvalue weighted by atomic mass is 35.5. The molecular weight excluding hydrogens is 395 g/mol. The number of ether oxygens (including phenoxy) is 1. The van der Waals surface area contributed by atoms with Gasteiger partial charge < -0.3 is 9.84 Å². The maximum absolute atomic E-state index is 13.7. The van der Waals surface area contributed by atoms with Gasteiger partial charge in [-0.3, -0.25) is 5.10 Å². The Balaban J connectivity index is 2.01. The number of rotatable bonds is 5. The summed E-state index contributed by atoms with van der Waals surface area (Å²) in [6.07, 6.45) is 1.43. The molecule has 0 unspecified atom stereocenters. The second-order valence-corrected chi connectivity index (χ2v) is 6.29. The van der Waals surface area contributed by atoms with E-state index in [-0.39, 0.29) is 11.6 Å². The Labute approximate surface area is 163 Å². The maximum Gasteiger partial charge on any atom is 0.416 e. The van der Waals surface area contributed by atoms with Crippen LogP contribution in [0.3, 0.4) is 0 Å². The van der Waals surface area contributed by atoms with E-state index in [2.05, 4.69) is 15.2 Å². The van der Waals surface area contributed by atoms with Crippen LogP contribution >= 0.6 is 11.6 Å². The molecule has 5 nitrogen and oxygen atoms in total. The van der Waals surface area contributed by atoms with Crippen LogP contribution in [0.25, 0.3) is 0 Å². The van der Waals surface area contributed by atoms with E-state index in [4.69, 9.17) is 22.8 Å². The van der Waals surface area contributed by atoms with Crippen molar-refractivity contribution in [3.8, 4) is 23.8 Å². The van der Waals surface area contributed by atoms with E-state index in [1.54, 1.807) is 12.1 Å². The zero-order valence-corrected chi connectivity index (χ0v) is 14.9. The normalized spacial score (nSPS) is 13.6. The van der Waals surface area contributed by atoms with Gasteiger partial charge in [0, 0.05) is 10.6 Å². The standard InChI is InChI=1S/C19H13ClF3N3O2/c1-2-18(27,10-17-24-11-25-26-17)15-8-7-14(9-16(15)19(21,22)23)28-13-5-3-12(20)4-6-13/h1,3-9,11,27H,10H2,(H,24,25,26)/t18-/m0/s1. The Bertz CT molecular complexity index is 999. The smallest absolute Gasteiger partial charge is 0.416 e. The molecule has 0 saturated carbocycles. The van der Waals surface area contributed by atoms with Crippen molar-refractivity contribution in [2.45, 2.75) is 18.2 Å². The van der Waals surface area contributed by atoms with Crippen molar-refractivity contribution in [3.05, 3.63) is 70.8 Å².